The Bertz CT molecular complexity index is 555. The van der Waals surface area contributed by atoms with Crippen LogP contribution in [0.5, 0.6) is 0 Å². The van der Waals surface area contributed by atoms with E-state index < -0.39 is 0 Å². The summed E-state index contributed by atoms with van der Waals surface area (Å²) >= 11 is 0. The maximum atomic E-state index is 2.44. The summed E-state index contributed by atoms with van der Waals surface area (Å²) in [6.07, 6.45) is 18.8. The fourth-order valence-corrected chi connectivity index (χ4v) is 3.52. The van der Waals surface area contributed by atoms with Crippen molar-refractivity contribution in [1.29, 1.82) is 0 Å². The minimum atomic E-state index is 1.16. The average Bonchev–Trinajstić information content (AvgIpc) is 3.09. The van der Waals surface area contributed by atoms with Crippen molar-refractivity contribution in [3.8, 4) is 0 Å². The van der Waals surface area contributed by atoms with Crippen molar-refractivity contribution in [2.75, 3.05) is 0 Å². The van der Waals surface area contributed by atoms with E-state index >= 15 is 0 Å². The van der Waals surface area contributed by atoms with Crippen LogP contribution in [0, 0.1) is 0 Å². The number of hydrogen-bond donors (Lipinski definition) is 0. The van der Waals surface area contributed by atoms with Gasteiger partial charge >= 0.3 is 0 Å². The van der Waals surface area contributed by atoms with Gasteiger partial charge in [-0.05, 0) is 38.5 Å². The molecule has 4 nitrogen and oxygen atoms in total. The molecular formula is C20H36N4+2. The summed E-state index contributed by atoms with van der Waals surface area (Å²) in [4.78, 5) is 0. The SMILES string of the molecule is CCCc1n(CCCCCCn2cc[n+](C)c2CCC)cc[n+]1C. The molecule has 0 aliphatic heterocycles. The molecule has 0 spiro atoms. The molecule has 0 amide bonds. The van der Waals surface area contributed by atoms with Crippen LogP contribution in [0.3, 0.4) is 0 Å². The van der Waals surface area contributed by atoms with Gasteiger partial charge < -0.3 is 0 Å². The van der Waals surface area contributed by atoms with Gasteiger partial charge in [-0.1, -0.05) is 13.8 Å². The van der Waals surface area contributed by atoms with Gasteiger partial charge in [-0.3, -0.25) is 0 Å². The lowest BCUT2D eigenvalue weighted by Crippen LogP contribution is -2.32. The molecular weight excluding hydrogens is 296 g/mol. The zero-order valence-corrected chi connectivity index (χ0v) is 16.2. The third kappa shape index (κ3) is 4.96. The Labute approximate surface area is 147 Å². The maximum absolute atomic E-state index is 2.44. The highest BCUT2D eigenvalue weighted by molar-refractivity contribution is 4.84. The van der Waals surface area contributed by atoms with Crippen LogP contribution in [0.25, 0.3) is 0 Å². The van der Waals surface area contributed by atoms with E-state index in [4.69, 9.17) is 0 Å². The van der Waals surface area contributed by atoms with Gasteiger partial charge in [0.25, 0.3) is 11.6 Å². The van der Waals surface area contributed by atoms with Gasteiger partial charge in [0.1, 0.15) is 24.8 Å². The predicted octanol–water partition coefficient (Wildman–Crippen LogP) is 3.10. The molecule has 0 radical (unpaired) electrons. The molecule has 24 heavy (non-hydrogen) atoms. The van der Waals surface area contributed by atoms with Crippen molar-refractivity contribution in [2.45, 2.75) is 78.3 Å². The predicted molar refractivity (Wildman–Crippen MR) is 97.7 cm³/mol. The molecule has 0 atom stereocenters. The Morgan fingerprint density at radius 1 is 0.708 bits per heavy atom. The van der Waals surface area contributed by atoms with E-state index in [9.17, 15) is 0 Å². The Hall–Kier alpha value is -1.58. The van der Waals surface area contributed by atoms with E-state index in [-0.39, 0.29) is 0 Å². The standard InChI is InChI=1S/C20H36N4/c1-5-11-19-21(3)15-17-23(19)13-9-7-8-10-14-24-18-16-22(4)20(24)12-6-2/h15-18H,5-14H2,1-4H3/q+2. The van der Waals surface area contributed by atoms with Gasteiger partial charge in [0.05, 0.1) is 27.2 Å². The van der Waals surface area contributed by atoms with Crippen molar-refractivity contribution < 1.29 is 9.13 Å². The van der Waals surface area contributed by atoms with Gasteiger partial charge in [-0.25, -0.2) is 18.3 Å². The first-order valence-electron chi connectivity index (χ1n) is 9.74. The van der Waals surface area contributed by atoms with E-state index in [1.54, 1.807) is 0 Å². The third-order valence-corrected chi connectivity index (χ3v) is 4.91. The number of rotatable bonds is 11. The molecule has 0 fully saturated rings. The lowest BCUT2D eigenvalue weighted by atomic mass is 10.2. The van der Waals surface area contributed by atoms with Gasteiger partial charge in [-0.15, -0.1) is 0 Å². The second-order valence-corrected chi connectivity index (χ2v) is 6.95. The number of unbranched alkanes of at least 4 members (excludes halogenated alkanes) is 3. The fourth-order valence-electron chi connectivity index (χ4n) is 3.52. The number of aromatic nitrogens is 4. The summed E-state index contributed by atoms with van der Waals surface area (Å²) in [5.74, 6) is 2.92. The molecule has 0 aliphatic rings. The van der Waals surface area contributed by atoms with Crippen molar-refractivity contribution in [3.05, 3.63) is 36.4 Å². The van der Waals surface area contributed by atoms with Crippen LogP contribution < -0.4 is 9.13 Å². The van der Waals surface area contributed by atoms with Crippen LogP contribution in [0.2, 0.25) is 0 Å². The number of hydrogen-bond acceptors (Lipinski definition) is 0. The maximum Gasteiger partial charge on any atom is 0.256 e. The summed E-state index contributed by atoms with van der Waals surface area (Å²) in [6, 6.07) is 0. The molecule has 4 heteroatoms. The first-order valence-corrected chi connectivity index (χ1v) is 9.74. The van der Waals surface area contributed by atoms with Crippen LogP contribution >= 0.6 is 0 Å². The quantitative estimate of drug-likeness (QED) is 0.444. The first-order chi connectivity index (χ1) is 11.7. The number of imidazole rings is 2. The highest BCUT2D eigenvalue weighted by atomic mass is 15.1. The molecule has 0 unspecified atom stereocenters. The highest BCUT2D eigenvalue weighted by Crippen LogP contribution is 2.08. The van der Waals surface area contributed by atoms with Crippen LogP contribution in [-0.4, -0.2) is 9.13 Å². The Balaban J connectivity index is 1.69. The Morgan fingerprint density at radius 3 is 1.50 bits per heavy atom. The second-order valence-electron chi connectivity index (χ2n) is 6.95. The summed E-state index contributed by atoms with van der Waals surface area (Å²) in [5, 5.41) is 0. The number of nitrogens with zero attached hydrogens (tertiary/aromatic N) is 4. The van der Waals surface area contributed by atoms with E-state index in [2.05, 4.69) is 71.0 Å². The molecule has 0 aromatic carbocycles. The van der Waals surface area contributed by atoms with Crippen LogP contribution in [0.4, 0.5) is 0 Å². The summed E-state index contributed by atoms with van der Waals surface area (Å²) in [6.45, 7) is 6.84. The lowest BCUT2D eigenvalue weighted by molar-refractivity contribution is -0.679. The van der Waals surface area contributed by atoms with E-state index in [1.165, 1.54) is 63.0 Å². The van der Waals surface area contributed by atoms with Gasteiger partial charge in [-0.2, -0.15) is 0 Å². The molecule has 2 rings (SSSR count). The zero-order chi connectivity index (χ0) is 17.4. The molecule has 2 heterocycles. The summed E-state index contributed by atoms with van der Waals surface area (Å²) in [5.41, 5.74) is 0. The smallest absolute Gasteiger partial charge is 0.237 e. The van der Waals surface area contributed by atoms with E-state index in [1.807, 2.05) is 0 Å². The van der Waals surface area contributed by atoms with Gasteiger partial charge in [0.2, 0.25) is 0 Å². The molecule has 0 N–H and O–H groups in total. The zero-order valence-electron chi connectivity index (χ0n) is 16.2. The summed E-state index contributed by atoms with van der Waals surface area (Å²) < 4.78 is 9.42. The Kier molecular flexibility index (Phi) is 7.54. The molecule has 0 saturated heterocycles. The molecule has 2 aromatic heterocycles. The normalized spacial score (nSPS) is 11.3. The van der Waals surface area contributed by atoms with E-state index in [0.717, 1.165) is 13.1 Å². The molecule has 0 saturated carbocycles. The molecule has 2 aromatic rings. The minimum absolute atomic E-state index is 1.16. The fraction of sp³-hybridized carbons (Fsp3) is 0.700. The molecule has 0 bridgehead atoms. The van der Waals surface area contributed by atoms with Crippen molar-refractivity contribution in [2.24, 2.45) is 14.1 Å². The Morgan fingerprint density at radius 2 is 1.12 bits per heavy atom. The first kappa shape index (κ1) is 18.8. The summed E-state index contributed by atoms with van der Waals surface area (Å²) in [7, 11) is 4.32. The van der Waals surface area contributed by atoms with Crippen LogP contribution in [-0.2, 0) is 40.0 Å². The largest absolute Gasteiger partial charge is 0.256 e. The monoisotopic (exact) mass is 332 g/mol. The third-order valence-electron chi connectivity index (χ3n) is 4.91. The minimum Gasteiger partial charge on any atom is -0.237 e. The van der Waals surface area contributed by atoms with Crippen LogP contribution in [0.1, 0.15) is 64.0 Å². The average molecular weight is 333 g/mol. The van der Waals surface area contributed by atoms with Gasteiger partial charge in [0, 0.05) is 12.8 Å². The topological polar surface area (TPSA) is 17.6 Å². The highest BCUT2D eigenvalue weighted by Gasteiger charge is 2.14. The second kappa shape index (κ2) is 9.65. The van der Waals surface area contributed by atoms with Crippen molar-refractivity contribution in [3.63, 3.8) is 0 Å². The number of aryl methyl sites for hydroxylation is 4. The molecule has 134 valence electrons. The van der Waals surface area contributed by atoms with Crippen molar-refractivity contribution >= 4 is 0 Å². The van der Waals surface area contributed by atoms with Crippen molar-refractivity contribution in [1.82, 2.24) is 9.13 Å². The molecule has 0 aliphatic carbocycles. The lowest BCUT2D eigenvalue weighted by Gasteiger charge is -2.04. The van der Waals surface area contributed by atoms with Crippen LogP contribution in [0.15, 0.2) is 24.8 Å². The van der Waals surface area contributed by atoms with Gasteiger partial charge in [0.15, 0.2) is 0 Å². The van der Waals surface area contributed by atoms with E-state index in [0.29, 0.717) is 0 Å².